The van der Waals surface area contributed by atoms with E-state index >= 15 is 0 Å². The second-order valence-corrected chi connectivity index (χ2v) is 7.27. The van der Waals surface area contributed by atoms with Gasteiger partial charge in [-0.3, -0.25) is 0 Å². The molecule has 2 aromatic rings. The highest BCUT2D eigenvalue weighted by Crippen LogP contribution is 2.34. The SMILES string of the molecule is COCCn1ccnc1-c1nc(N2CCC[C@@H](C)C2)sc1C(=O)OC. The van der Waals surface area contributed by atoms with Crippen molar-refractivity contribution in [3.63, 3.8) is 0 Å². The van der Waals surface area contributed by atoms with Gasteiger partial charge >= 0.3 is 5.97 Å². The summed E-state index contributed by atoms with van der Waals surface area (Å²) in [6.07, 6.45) is 5.97. The highest BCUT2D eigenvalue weighted by Gasteiger charge is 2.27. The van der Waals surface area contributed by atoms with Crippen LogP contribution in [0, 0.1) is 5.92 Å². The summed E-state index contributed by atoms with van der Waals surface area (Å²) in [5.74, 6) is 0.932. The van der Waals surface area contributed by atoms with Crippen LogP contribution in [0.3, 0.4) is 0 Å². The van der Waals surface area contributed by atoms with E-state index in [-0.39, 0.29) is 5.97 Å². The van der Waals surface area contributed by atoms with Crippen LogP contribution >= 0.6 is 11.3 Å². The van der Waals surface area contributed by atoms with Gasteiger partial charge in [-0.15, -0.1) is 0 Å². The maximum Gasteiger partial charge on any atom is 0.350 e. The fourth-order valence-electron chi connectivity index (χ4n) is 3.09. The zero-order valence-corrected chi connectivity index (χ0v) is 15.7. The lowest BCUT2D eigenvalue weighted by Gasteiger charge is -2.30. The fraction of sp³-hybridized carbons (Fsp3) is 0.588. The first-order valence-electron chi connectivity index (χ1n) is 8.48. The van der Waals surface area contributed by atoms with Gasteiger partial charge in [0.1, 0.15) is 10.6 Å². The summed E-state index contributed by atoms with van der Waals surface area (Å²) in [6.45, 7) is 5.40. The number of esters is 1. The zero-order valence-electron chi connectivity index (χ0n) is 14.9. The molecule has 7 nitrogen and oxygen atoms in total. The number of nitrogens with zero attached hydrogens (tertiary/aromatic N) is 4. The molecular formula is C17H24N4O3S. The Bertz CT molecular complexity index is 727. The molecule has 0 bridgehead atoms. The van der Waals surface area contributed by atoms with Crippen LogP contribution in [0.2, 0.25) is 0 Å². The number of carbonyl (C=O) groups excluding carboxylic acids is 1. The Balaban J connectivity index is 1.97. The van der Waals surface area contributed by atoms with Gasteiger partial charge < -0.3 is 18.9 Å². The van der Waals surface area contributed by atoms with Crippen LogP contribution in [-0.4, -0.2) is 54.4 Å². The molecule has 3 heterocycles. The van der Waals surface area contributed by atoms with Gasteiger partial charge in [0.05, 0.1) is 13.7 Å². The average Bonchev–Trinajstić information content (AvgIpc) is 3.25. The van der Waals surface area contributed by atoms with Crippen molar-refractivity contribution in [3.05, 3.63) is 17.3 Å². The lowest BCUT2D eigenvalue weighted by Crippen LogP contribution is -2.34. The number of thiazole rings is 1. The number of aromatic nitrogens is 3. The summed E-state index contributed by atoms with van der Waals surface area (Å²) in [5, 5.41) is 0.864. The molecule has 1 saturated heterocycles. The average molecular weight is 364 g/mol. The Morgan fingerprint density at radius 2 is 2.28 bits per heavy atom. The first kappa shape index (κ1) is 17.9. The number of hydrogen-bond donors (Lipinski definition) is 0. The molecule has 25 heavy (non-hydrogen) atoms. The lowest BCUT2D eigenvalue weighted by molar-refractivity contribution is 0.0607. The first-order valence-corrected chi connectivity index (χ1v) is 9.30. The molecule has 1 atom stereocenters. The van der Waals surface area contributed by atoms with E-state index < -0.39 is 0 Å². The van der Waals surface area contributed by atoms with Crippen LogP contribution in [-0.2, 0) is 16.0 Å². The molecule has 1 aliphatic rings. The standard InChI is InChI=1S/C17H24N4O3S/c1-12-5-4-7-21(11-12)17-19-13(14(25-17)16(22)24-3)15-18-6-8-20(15)9-10-23-2/h6,8,12H,4-5,7,9-11H2,1-3H3/t12-/m1/s1. The highest BCUT2D eigenvalue weighted by atomic mass is 32.1. The molecule has 0 saturated carbocycles. The maximum atomic E-state index is 12.3. The Morgan fingerprint density at radius 3 is 3.00 bits per heavy atom. The number of ether oxygens (including phenoxy) is 2. The molecule has 0 amide bonds. The summed E-state index contributed by atoms with van der Waals surface area (Å²) < 4.78 is 12.1. The summed E-state index contributed by atoms with van der Waals surface area (Å²) in [7, 11) is 3.06. The topological polar surface area (TPSA) is 69.5 Å². The van der Waals surface area contributed by atoms with Gasteiger partial charge in [0, 0.05) is 39.1 Å². The second kappa shape index (κ2) is 7.97. The van der Waals surface area contributed by atoms with E-state index in [1.54, 1.807) is 13.3 Å². The summed E-state index contributed by atoms with van der Waals surface area (Å²) >= 11 is 1.39. The van der Waals surface area contributed by atoms with E-state index in [1.165, 1.54) is 24.9 Å². The Morgan fingerprint density at radius 1 is 1.44 bits per heavy atom. The first-order chi connectivity index (χ1) is 12.1. The molecule has 136 valence electrons. The fourth-order valence-corrected chi connectivity index (χ4v) is 4.10. The van der Waals surface area contributed by atoms with Crippen LogP contribution in [0.15, 0.2) is 12.4 Å². The molecule has 0 radical (unpaired) electrons. The van der Waals surface area contributed by atoms with Gasteiger partial charge in [-0.25, -0.2) is 14.8 Å². The minimum absolute atomic E-state index is 0.370. The smallest absolute Gasteiger partial charge is 0.350 e. The van der Waals surface area contributed by atoms with E-state index in [9.17, 15) is 4.79 Å². The molecule has 1 aliphatic heterocycles. The van der Waals surface area contributed by atoms with E-state index in [1.807, 2.05) is 10.8 Å². The van der Waals surface area contributed by atoms with Gasteiger partial charge in [0.25, 0.3) is 0 Å². The van der Waals surface area contributed by atoms with Crippen LogP contribution in [0.4, 0.5) is 5.13 Å². The number of hydrogen-bond acceptors (Lipinski definition) is 7. The third kappa shape index (κ3) is 3.85. The van der Waals surface area contributed by atoms with Crippen LogP contribution in [0.25, 0.3) is 11.5 Å². The number of anilines is 1. The Hall–Kier alpha value is -1.93. The number of carbonyl (C=O) groups is 1. The van der Waals surface area contributed by atoms with Crippen molar-refractivity contribution in [1.29, 1.82) is 0 Å². The molecule has 2 aromatic heterocycles. The van der Waals surface area contributed by atoms with Gasteiger partial charge in [0.15, 0.2) is 11.0 Å². The molecule has 8 heteroatoms. The van der Waals surface area contributed by atoms with Crippen molar-refractivity contribution in [3.8, 4) is 11.5 Å². The molecule has 3 rings (SSSR count). The highest BCUT2D eigenvalue weighted by molar-refractivity contribution is 7.17. The zero-order chi connectivity index (χ0) is 17.8. The number of imidazole rings is 1. The molecule has 0 aliphatic carbocycles. The largest absolute Gasteiger partial charge is 0.465 e. The maximum absolute atomic E-state index is 12.3. The van der Waals surface area contributed by atoms with Crippen molar-refractivity contribution >= 4 is 22.4 Å². The Kier molecular flexibility index (Phi) is 5.70. The van der Waals surface area contributed by atoms with Crippen LogP contribution in [0.5, 0.6) is 0 Å². The van der Waals surface area contributed by atoms with Gasteiger partial charge in [0.2, 0.25) is 0 Å². The van der Waals surface area contributed by atoms with Crippen LogP contribution < -0.4 is 4.90 Å². The van der Waals surface area contributed by atoms with Crippen molar-refractivity contribution in [1.82, 2.24) is 14.5 Å². The number of piperidine rings is 1. The quantitative estimate of drug-likeness (QED) is 0.734. The summed E-state index contributed by atoms with van der Waals surface area (Å²) in [6, 6.07) is 0. The molecule has 0 spiro atoms. The third-order valence-corrected chi connectivity index (χ3v) is 5.47. The summed E-state index contributed by atoms with van der Waals surface area (Å²) in [5.41, 5.74) is 0.589. The van der Waals surface area contributed by atoms with E-state index in [4.69, 9.17) is 14.5 Å². The summed E-state index contributed by atoms with van der Waals surface area (Å²) in [4.78, 5) is 24.2. The monoisotopic (exact) mass is 364 g/mol. The van der Waals surface area contributed by atoms with Gasteiger partial charge in [-0.2, -0.15) is 0 Å². The second-order valence-electron chi connectivity index (χ2n) is 6.30. The van der Waals surface area contributed by atoms with E-state index in [0.717, 1.165) is 24.6 Å². The van der Waals surface area contributed by atoms with Crippen LogP contribution in [0.1, 0.15) is 29.4 Å². The van der Waals surface area contributed by atoms with Crippen molar-refractivity contribution in [2.45, 2.75) is 26.3 Å². The van der Waals surface area contributed by atoms with Gasteiger partial charge in [-0.05, 0) is 18.8 Å². The normalized spacial score (nSPS) is 17.7. The molecule has 0 N–H and O–H groups in total. The molecular weight excluding hydrogens is 340 g/mol. The Labute approximate surface area is 151 Å². The minimum Gasteiger partial charge on any atom is -0.465 e. The number of rotatable bonds is 6. The number of methoxy groups -OCH3 is 2. The van der Waals surface area contributed by atoms with E-state index in [0.29, 0.717) is 35.5 Å². The van der Waals surface area contributed by atoms with Crippen molar-refractivity contribution in [2.24, 2.45) is 5.92 Å². The minimum atomic E-state index is -0.370. The molecule has 0 unspecified atom stereocenters. The molecule has 1 fully saturated rings. The molecule has 0 aromatic carbocycles. The predicted molar refractivity (Wildman–Crippen MR) is 97.2 cm³/mol. The lowest BCUT2D eigenvalue weighted by atomic mass is 10.0. The predicted octanol–water partition coefficient (Wildman–Crippen LogP) is 2.68. The van der Waals surface area contributed by atoms with Crippen molar-refractivity contribution < 1.29 is 14.3 Å². The van der Waals surface area contributed by atoms with E-state index in [2.05, 4.69) is 16.8 Å². The van der Waals surface area contributed by atoms with Gasteiger partial charge in [-0.1, -0.05) is 18.3 Å². The third-order valence-electron chi connectivity index (χ3n) is 4.38. The van der Waals surface area contributed by atoms with Crippen molar-refractivity contribution in [2.75, 3.05) is 38.8 Å².